The van der Waals surface area contributed by atoms with E-state index < -0.39 is 31.5 Å². The molecular weight excluding hydrogens is 645 g/mol. The number of pyridine rings is 1. The topological polar surface area (TPSA) is 106 Å². The van der Waals surface area contributed by atoms with E-state index in [9.17, 15) is 9.59 Å². The van der Waals surface area contributed by atoms with E-state index in [4.69, 9.17) is 32.8 Å². The van der Waals surface area contributed by atoms with Crippen molar-refractivity contribution in [2.24, 2.45) is 5.41 Å². The number of hydrogen-bond donors (Lipinski definition) is 0. The summed E-state index contributed by atoms with van der Waals surface area (Å²) in [6, 6.07) is 17.4. The molecule has 0 amide bonds. The minimum Gasteiger partial charge on any atom is -0.493 e. The number of carbonyl (C=O) groups is 2. The Morgan fingerprint density at radius 2 is 1.56 bits per heavy atom. The Kier molecular flexibility index (Phi) is 10.9. The Labute approximate surface area is 286 Å². The molecule has 1 aromatic heterocycles. The number of nitrogens with zero attached hydrogens (tertiary/aromatic N) is 2. The van der Waals surface area contributed by atoms with Gasteiger partial charge in [0.15, 0.2) is 31.0 Å². The fourth-order valence-electron chi connectivity index (χ4n) is 6.85. The molecule has 0 bridgehead atoms. The zero-order valence-corrected chi connectivity index (χ0v) is 31.7. The maximum Gasteiger partial charge on any atom is 0.339 e. The highest BCUT2D eigenvalue weighted by Crippen LogP contribution is 2.50. The van der Waals surface area contributed by atoms with Gasteiger partial charge in [0.05, 0.1) is 39.6 Å². The zero-order valence-electron chi connectivity index (χ0n) is 28.9. The number of fused-ring (bicyclic) bond motifs is 2. The lowest BCUT2D eigenvalue weighted by molar-refractivity contribution is -0.0916. The second kappa shape index (κ2) is 14.9. The number of rotatable bonds is 12. The summed E-state index contributed by atoms with van der Waals surface area (Å²) in [5.41, 5.74) is 3.36. The van der Waals surface area contributed by atoms with Crippen LogP contribution in [0.5, 0.6) is 11.5 Å². The summed E-state index contributed by atoms with van der Waals surface area (Å²) < 4.78 is 34.1. The molecule has 48 heavy (non-hydrogen) atoms. The number of ether oxygens (including phenoxy) is 4. The van der Waals surface area contributed by atoms with Gasteiger partial charge in [0, 0.05) is 29.4 Å². The van der Waals surface area contributed by atoms with Crippen LogP contribution >= 0.6 is 0 Å². The summed E-state index contributed by atoms with van der Waals surface area (Å²) >= 11 is 0. The molecule has 0 saturated heterocycles. The highest BCUT2D eigenvalue weighted by molar-refractivity contribution is 6.26. The Hall–Kier alpha value is -4.24. The van der Waals surface area contributed by atoms with Gasteiger partial charge in [-0.05, 0) is 70.6 Å². The van der Waals surface area contributed by atoms with Crippen molar-refractivity contribution >= 4 is 53.7 Å². The van der Waals surface area contributed by atoms with E-state index in [0.717, 1.165) is 12.1 Å². The Bertz CT molecular complexity index is 1810. The third kappa shape index (κ3) is 6.45. The Morgan fingerprint density at radius 1 is 0.896 bits per heavy atom. The molecular formula is C36H44N2O8Si2. The first-order valence-corrected chi connectivity index (χ1v) is 20.1. The SMILES string of the molecule is COC(=O)c1cc2cc(OC)c(OC)cc2c(-c2ccnc(N3CCC(C(C)(C)C(O[SiH2]C)O[SiH2]C)c4ccccc43)c2)c1C(=O)OC. The molecule has 12 heteroatoms. The van der Waals surface area contributed by atoms with Crippen LogP contribution in [0.15, 0.2) is 60.8 Å². The maximum absolute atomic E-state index is 13.5. The highest BCUT2D eigenvalue weighted by atomic mass is 28.2. The first-order chi connectivity index (χ1) is 23.1. The van der Waals surface area contributed by atoms with Crippen molar-refractivity contribution in [3.8, 4) is 22.6 Å². The molecule has 0 spiro atoms. The average Bonchev–Trinajstić information content (AvgIpc) is 3.12. The molecule has 5 rings (SSSR count). The molecule has 4 aromatic rings. The van der Waals surface area contributed by atoms with Crippen LogP contribution in [-0.4, -0.2) is 77.7 Å². The summed E-state index contributed by atoms with van der Waals surface area (Å²) in [5.74, 6) is 0.532. The molecule has 3 aromatic carbocycles. The number of esters is 2. The third-order valence-corrected chi connectivity index (χ3v) is 10.4. The van der Waals surface area contributed by atoms with Crippen LogP contribution in [0.1, 0.15) is 52.5 Å². The van der Waals surface area contributed by atoms with E-state index in [0.29, 0.717) is 45.8 Å². The highest BCUT2D eigenvalue weighted by Gasteiger charge is 2.42. The normalized spacial score (nSPS) is 15.6. The van der Waals surface area contributed by atoms with Crippen LogP contribution < -0.4 is 14.4 Å². The van der Waals surface area contributed by atoms with E-state index in [1.807, 2.05) is 18.2 Å². The number of methoxy groups -OCH3 is 4. The largest absolute Gasteiger partial charge is 0.493 e. The Morgan fingerprint density at radius 3 is 2.21 bits per heavy atom. The standard InChI is InChI=1S/C36H44N2O8Si2/c1-36(2,35(45-47-7)46-48-8)26-14-16-38(27-12-10-9-11-23(26)27)30-19-21(13-15-37-30)31-24-20-29(42-4)28(41-3)18-22(24)17-25(33(39)43-5)32(31)34(40)44-6/h9-13,15,17-20,26,35H,14,16,47-48H2,1-8H3. The van der Waals surface area contributed by atoms with Crippen LogP contribution in [0, 0.1) is 5.41 Å². The van der Waals surface area contributed by atoms with E-state index in [-0.39, 0.29) is 28.7 Å². The van der Waals surface area contributed by atoms with Gasteiger partial charge in [-0.15, -0.1) is 0 Å². The molecule has 0 saturated carbocycles. The smallest absolute Gasteiger partial charge is 0.339 e. The van der Waals surface area contributed by atoms with E-state index >= 15 is 0 Å². The van der Waals surface area contributed by atoms with Crippen LogP contribution in [0.25, 0.3) is 21.9 Å². The first-order valence-electron chi connectivity index (χ1n) is 16.1. The molecule has 10 nitrogen and oxygen atoms in total. The number of benzene rings is 3. The molecule has 254 valence electrons. The van der Waals surface area contributed by atoms with Gasteiger partial charge >= 0.3 is 11.9 Å². The lowest BCUT2D eigenvalue weighted by Gasteiger charge is -2.45. The van der Waals surface area contributed by atoms with Crippen LogP contribution in [0.4, 0.5) is 11.5 Å². The molecule has 1 atom stereocenters. The van der Waals surface area contributed by atoms with E-state index in [1.165, 1.54) is 19.8 Å². The first kappa shape index (κ1) is 35.1. The number of hydrogen-bond acceptors (Lipinski definition) is 10. The fourth-order valence-corrected chi connectivity index (χ4v) is 8.70. The van der Waals surface area contributed by atoms with Crippen molar-refractivity contribution in [2.75, 3.05) is 39.9 Å². The van der Waals surface area contributed by atoms with Gasteiger partial charge in [-0.1, -0.05) is 45.1 Å². The van der Waals surface area contributed by atoms with Crippen molar-refractivity contribution in [3.63, 3.8) is 0 Å². The average molecular weight is 689 g/mol. The predicted octanol–water partition coefficient (Wildman–Crippen LogP) is 5.77. The van der Waals surface area contributed by atoms with Gasteiger partial charge in [0.2, 0.25) is 0 Å². The quantitative estimate of drug-likeness (QED) is 0.104. The molecule has 2 heterocycles. The summed E-state index contributed by atoms with van der Waals surface area (Å²) in [6.45, 7) is 9.49. The second-order valence-corrected chi connectivity index (χ2v) is 13.9. The fraction of sp³-hybridized carbons (Fsp3) is 0.361. The lowest BCUT2D eigenvalue weighted by atomic mass is 9.70. The summed E-state index contributed by atoms with van der Waals surface area (Å²) in [5, 5.41) is 1.33. The number of anilines is 2. The monoisotopic (exact) mass is 688 g/mol. The summed E-state index contributed by atoms with van der Waals surface area (Å²) in [4.78, 5) is 33.6. The van der Waals surface area contributed by atoms with Crippen molar-refractivity contribution in [3.05, 3.63) is 77.5 Å². The van der Waals surface area contributed by atoms with Gasteiger partial charge in [-0.3, -0.25) is 0 Å². The predicted molar refractivity (Wildman–Crippen MR) is 192 cm³/mol. The molecule has 0 radical (unpaired) electrons. The van der Waals surface area contributed by atoms with Gasteiger partial charge in [0.25, 0.3) is 0 Å². The second-order valence-electron chi connectivity index (χ2n) is 12.1. The van der Waals surface area contributed by atoms with Crippen molar-refractivity contribution in [1.82, 2.24) is 4.98 Å². The molecule has 0 aliphatic carbocycles. The van der Waals surface area contributed by atoms with Crippen LogP contribution in [-0.2, 0) is 18.3 Å². The van der Waals surface area contributed by atoms with Crippen molar-refractivity contribution in [1.29, 1.82) is 0 Å². The molecule has 1 unspecified atom stereocenters. The molecule has 1 aliphatic rings. The summed E-state index contributed by atoms with van der Waals surface area (Å²) in [6.07, 6.45) is 2.34. The third-order valence-electron chi connectivity index (χ3n) is 9.14. The zero-order chi connectivity index (χ0) is 34.6. The number of carbonyl (C=O) groups excluding carboxylic acids is 2. The van der Waals surface area contributed by atoms with Crippen molar-refractivity contribution in [2.45, 2.75) is 45.6 Å². The molecule has 1 aliphatic heterocycles. The molecule has 0 fully saturated rings. The van der Waals surface area contributed by atoms with Gasteiger partial charge < -0.3 is 32.7 Å². The van der Waals surface area contributed by atoms with E-state index in [2.05, 4.69) is 50.0 Å². The van der Waals surface area contributed by atoms with Gasteiger partial charge in [0.1, 0.15) is 12.1 Å². The van der Waals surface area contributed by atoms with Crippen molar-refractivity contribution < 1.29 is 37.4 Å². The minimum atomic E-state index is -0.671. The van der Waals surface area contributed by atoms with Crippen LogP contribution in [0.3, 0.4) is 0 Å². The van der Waals surface area contributed by atoms with Crippen LogP contribution in [0.2, 0.25) is 13.1 Å². The van der Waals surface area contributed by atoms with E-state index in [1.54, 1.807) is 38.6 Å². The van der Waals surface area contributed by atoms with Gasteiger partial charge in [-0.2, -0.15) is 0 Å². The minimum absolute atomic E-state index is 0.0788. The number of aromatic nitrogens is 1. The molecule has 0 N–H and O–H groups in total. The number of para-hydroxylation sites is 1. The summed E-state index contributed by atoms with van der Waals surface area (Å²) in [7, 11) is 4.32. The maximum atomic E-state index is 13.5. The van der Waals surface area contributed by atoms with Gasteiger partial charge in [-0.25, -0.2) is 14.6 Å². The lowest BCUT2D eigenvalue weighted by Crippen LogP contribution is -2.43. The Balaban J connectivity index is 1.70.